The molecule has 3 aromatic rings. The lowest BCUT2D eigenvalue weighted by Crippen LogP contribution is -1.92. The van der Waals surface area contributed by atoms with Crippen molar-refractivity contribution in [2.75, 3.05) is 7.05 Å². The molecule has 0 aliphatic heterocycles. The van der Waals surface area contributed by atoms with Crippen LogP contribution >= 0.6 is 0 Å². The first-order chi connectivity index (χ1) is 9.69. The standard InChI is InChI=1S/C17H17N3/c1-12-4-7-14(8-5-12)17-19-15-10-13(11-18-2)6-9-16(15)20(17)3/h4-11H,1-3H3. The first kappa shape index (κ1) is 12.6. The van der Waals surface area contributed by atoms with Gasteiger partial charge in [0.2, 0.25) is 0 Å². The fraction of sp³-hybridized carbons (Fsp3) is 0.176. The lowest BCUT2D eigenvalue weighted by Gasteiger charge is -2.02. The van der Waals surface area contributed by atoms with Gasteiger partial charge in [-0.25, -0.2) is 4.98 Å². The summed E-state index contributed by atoms with van der Waals surface area (Å²) in [4.78, 5) is 8.81. The molecule has 0 fully saturated rings. The third kappa shape index (κ3) is 2.11. The van der Waals surface area contributed by atoms with Gasteiger partial charge in [0.05, 0.1) is 11.0 Å². The Morgan fingerprint density at radius 2 is 1.85 bits per heavy atom. The summed E-state index contributed by atoms with van der Waals surface area (Å²) in [5, 5.41) is 0. The van der Waals surface area contributed by atoms with E-state index in [-0.39, 0.29) is 0 Å². The summed E-state index contributed by atoms with van der Waals surface area (Å²) in [6, 6.07) is 14.7. The van der Waals surface area contributed by atoms with Crippen LogP contribution in [0.5, 0.6) is 0 Å². The van der Waals surface area contributed by atoms with Crippen LogP contribution in [0, 0.1) is 6.92 Å². The molecular formula is C17H17N3. The highest BCUT2D eigenvalue weighted by molar-refractivity contribution is 5.88. The first-order valence-electron chi connectivity index (χ1n) is 6.65. The van der Waals surface area contributed by atoms with Crippen LogP contribution in [-0.4, -0.2) is 22.8 Å². The maximum Gasteiger partial charge on any atom is 0.140 e. The molecule has 0 saturated heterocycles. The van der Waals surface area contributed by atoms with Gasteiger partial charge < -0.3 is 4.57 Å². The van der Waals surface area contributed by atoms with E-state index in [1.165, 1.54) is 5.56 Å². The van der Waals surface area contributed by atoms with Crippen molar-refractivity contribution in [3.05, 3.63) is 53.6 Å². The molecule has 0 aliphatic carbocycles. The molecule has 0 N–H and O–H groups in total. The van der Waals surface area contributed by atoms with Crippen molar-refractivity contribution in [2.24, 2.45) is 12.0 Å². The molecule has 20 heavy (non-hydrogen) atoms. The molecule has 0 aliphatic rings. The summed E-state index contributed by atoms with van der Waals surface area (Å²) in [7, 11) is 3.83. The van der Waals surface area contributed by atoms with Crippen molar-refractivity contribution >= 4 is 17.2 Å². The highest BCUT2D eigenvalue weighted by atomic mass is 15.1. The Morgan fingerprint density at radius 3 is 2.55 bits per heavy atom. The summed E-state index contributed by atoms with van der Waals surface area (Å²) < 4.78 is 2.13. The van der Waals surface area contributed by atoms with Crippen LogP contribution in [0.25, 0.3) is 22.4 Å². The van der Waals surface area contributed by atoms with Crippen LogP contribution in [0.15, 0.2) is 47.5 Å². The van der Waals surface area contributed by atoms with Crippen molar-refractivity contribution in [3.63, 3.8) is 0 Å². The van der Waals surface area contributed by atoms with E-state index in [1.807, 2.05) is 6.21 Å². The van der Waals surface area contributed by atoms with Crippen molar-refractivity contribution in [3.8, 4) is 11.4 Å². The van der Waals surface area contributed by atoms with Gasteiger partial charge in [0.15, 0.2) is 0 Å². The maximum atomic E-state index is 4.76. The van der Waals surface area contributed by atoms with E-state index in [1.54, 1.807) is 7.05 Å². The quantitative estimate of drug-likeness (QED) is 0.650. The molecule has 0 spiro atoms. The number of aryl methyl sites for hydroxylation is 2. The second-order valence-electron chi connectivity index (χ2n) is 5.00. The lowest BCUT2D eigenvalue weighted by atomic mass is 10.1. The predicted molar refractivity (Wildman–Crippen MR) is 84.4 cm³/mol. The SMILES string of the molecule is CN=Cc1ccc2c(c1)nc(-c1ccc(C)cc1)n2C. The Bertz CT molecular complexity index is 780. The van der Waals surface area contributed by atoms with E-state index in [0.717, 1.165) is 28.0 Å². The Balaban J connectivity index is 2.17. The number of hydrogen-bond donors (Lipinski definition) is 0. The molecule has 0 saturated carbocycles. The van der Waals surface area contributed by atoms with Gasteiger partial charge in [0.25, 0.3) is 0 Å². The van der Waals surface area contributed by atoms with E-state index >= 15 is 0 Å². The van der Waals surface area contributed by atoms with Crippen LogP contribution in [0.4, 0.5) is 0 Å². The third-order valence-electron chi connectivity index (χ3n) is 3.49. The highest BCUT2D eigenvalue weighted by Crippen LogP contribution is 2.24. The number of nitrogens with zero attached hydrogens (tertiary/aromatic N) is 3. The molecule has 3 heteroatoms. The normalized spacial score (nSPS) is 11.6. The van der Waals surface area contributed by atoms with Gasteiger partial charge in [-0.1, -0.05) is 35.9 Å². The van der Waals surface area contributed by atoms with Crippen LogP contribution in [0.1, 0.15) is 11.1 Å². The molecule has 0 radical (unpaired) electrons. The molecule has 0 atom stereocenters. The fourth-order valence-corrected chi connectivity index (χ4v) is 2.41. The minimum absolute atomic E-state index is 0.991. The lowest BCUT2D eigenvalue weighted by molar-refractivity contribution is 0.959. The van der Waals surface area contributed by atoms with Gasteiger partial charge in [-0.05, 0) is 24.6 Å². The second kappa shape index (κ2) is 4.93. The highest BCUT2D eigenvalue weighted by Gasteiger charge is 2.09. The Hall–Kier alpha value is -2.42. The van der Waals surface area contributed by atoms with Crippen LogP contribution < -0.4 is 0 Å². The van der Waals surface area contributed by atoms with Gasteiger partial charge in [-0.2, -0.15) is 0 Å². The van der Waals surface area contributed by atoms with Gasteiger partial charge >= 0.3 is 0 Å². The van der Waals surface area contributed by atoms with Gasteiger partial charge in [0, 0.05) is 25.9 Å². The zero-order chi connectivity index (χ0) is 14.1. The van der Waals surface area contributed by atoms with Gasteiger partial charge in [0.1, 0.15) is 5.82 Å². The monoisotopic (exact) mass is 263 g/mol. The zero-order valence-electron chi connectivity index (χ0n) is 12.0. The van der Waals surface area contributed by atoms with Crippen LogP contribution in [0.3, 0.4) is 0 Å². The molecule has 1 aromatic heterocycles. The second-order valence-corrected chi connectivity index (χ2v) is 5.00. The van der Waals surface area contributed by atoms with Crippen molar-refractivity contribution < 1.29 is 0 Å². The van der Waals surface area contributed by atoms with E-state index in [0.29, 0.717) is 0 Å². The minimum Gasteiger partial charge on any atom is -0.327 e. The van der Waals surface area contributed by atoms with Crippen molar-refractivity contribution in [2.45, 2.75) is 6.92 Å². The smallest absolute Gasteiger partial charge is 0.140 e. The fourth-order valence-electron chi connectivity index (χ4n) is 2.41. The summed E-state index contributed by atoms with van der Waals surface area (Å²) in [5.74, 6) is 0.991. The molecular weight excluding hydrogens is 246 g/mol. The number of aromatic nitrogens is 2. The van der Waals surface area contributed by atoms with Gasteiger partial charge in [-0.3, -0.25) is 4.99 Å². The molecule has 100 valence electrons. The number of aliphatic imine (C=N–C) groups is 1. The van der Waals surface area contributed by atoms with Crippen LogP contribution in [-0.2, 0) is 7.05 Å². The largest absolute Gasteiger partial charge is 0.327 e. The average molecular weight is 263 g/mol. The molecule has 3 rings (SSSR count). The Labute approximate surface area is 118 Å². The number of imidazole rings is 1. The number of fused-ring (bicyclic) bond motifs is 1. The molecule has 2 aromatic carbocycles. The zero-order valence-corrected chi connectivity index (χ0v) is 12.0. The topological polar surface area (TPSA) is 30.2 Å². The molecule has 3 nitrogen and oxygen atoms in total. The van der Waals surface area contributed by atoms with E-state index in [4.69, 9.17) is 4.98 Å². The summed E-state index contributed by atoms with van der Waals surface area (Å²) >= 11 is 0. The minimum atomic E-state index is 0.991. The predicted octanol–water partition coefficient (Wildman–Crippen LogP) is 3.60. The molecule has 1 heterocycles. The summed E-state index contributed by atoms with van der Waals surface area (Å²) in [5.41, 5.74) is 5.61. The summed E-state index contributed by atoms with van der Waals surface area (Å²) in [6.45, 7) is 2.09. The third-order valence-corrected chi connectivity index (χ3v) is 3.49. The maximum absolute atomic E-state index is 4.76. The Morgan fingerprint density at radius 1 is 1.10 bits per heavy atom. The van der Waals surface area contributed by atoms with E-state index in [2.05, 4.69) is 66.0 Å². The van der Waals surface area contributed by atoms with Gasteiger partial charge in [-0.15, -0.1) is 0 Å². The van der Waals surface area contributed by atoms with Crippen molar-refractivity contribution in [1.29, 1.82) is 0 Å². The number of benzene rings is 2. The number of hydrogen-bond acceptors (Lipinski definition) is 2. The Kier molecular flexibility index (Phi) is 3.11. The molecule has 0 amide bonds. The first-order valence-corrected chi connectivity index (χ1v) is 6.65. The van der Waals surface area contributed by atoms with E-state index < -0.39 is 0 Å². The molecule has 0 unspecified atom stereocenters. The summed E-state index contributed by atoms with van der Waals surface area (Å²) in [6.07, 6.45) is 1.85. The van der Waals surface area contributed by atoms with E-state index in [9.17, 15) is 0 Å². The van der Waals surface area contributed by atoms with Crippen LogP contribution in [0.2, 0.25) is 0 Å². The van der Waals surface area contributed by atoms with Crippen molar-refractivity contribution in [1.82, 2.24) is 9.55 Å². The average Bonchev–Trinajstić information content (AvgIpc) is 2.77. The number of rotatable bonds is 2. The molecule has 0 bridgehead atoms.